The monoisotopic (exact) mass is 350 g/mol. The van der Waals surface area contributed by atoms with E-state index < -0.39 is 0 Å². The minimum atomic E-state index is -0.194. The molecule has 0 saturated heterocycles. The van der Waals surface area contributed by atoms with Gasteiger partial charge in [-0.1, -0.05) is 52.7 Å². The first-order valence-electron chi connectivity index (χ1n) is 6.60. The molecule has 3 aromatic rings. The fraction of sp³-hybridized carbons (Fsp3) is 0.125. The maximum atomic E-state index is 12.1. The minimum absolute atomic E-state index is 0.194. The highest BCUT2D eigenvalue weighted by molar-refractivity contribution is 7.16. The molecule has 22 heavy (non-hydrogen) atoms. The van der Waals surface area contributed by atoms with Crippen molar-refractivity contribution in [3.05, 3.63) is 62.9 Å². The summed E-state index contributed by atoms with van der Waals surface area (Å²) >= 11 is 13.5. The van der Waals surface area contributed by atoms with Crippen molar-refractivity contribution in [1.82, 2.24) is 4.57 Å². The van der Waals surface area contributed by atoms with Crippen LogP contribution in [0.2, 0.25) is 10.0 Å². The van der Waals surface area contributed by atoms with E-state index in [0.717, 1.165) is 15.8 Å². The van der Waals surface area contributed by atoms with Crippen LogP contribution in [0.15, 0.2) is 47.5 Å². The zero-order valence-corrected chi connectivity index (χ0v) is 14.0. The first kappa shape index (κ1) is 15.3. The maximum absolute atomic E-state index is 12.1. The molecule has 0 radical (unpaired) electrons. The molecule has 3 nitrogen and oxygen atoms in total. The Hall–Kier alpha value is -1.62. The molecule has 1 aromatic heterocycles. The Balaban J connectivity index is 1.94. The Morgan fingerprint density at radius 1 is 1.18 bits per heavy atom. The molecule has 0 unspecified atom stereocenters. The Morgan fingerprint density at radius 2 is 1.91 bits per heavy atom. The molecule has 112 valence electrons. The third kappa shape index (κ3) is 3.09. The molecule has 1 amide bonds. The van der Waals surface area contributed by atoms with Crippen molar-refractivity contribution in [2.24, 2.45) is 12.0 Å². The summed E-state index contributed by atoms with van der Waals surface area (Å²) in [6, 6.07) is 12.9. The third-order valence-corrected chi connectivity index (χ3v) is 4.92. The standard InChI is InChI=1S/C16H12Cl2N2OS/c1-20-15-12(18)3-2-4-13(15)22-16(20)19-14(21)9-10-5-7-11(17)8-6-10/h2-8H,9H2,1H3. The highest BCUT2D eigenvalue weighted by Gasteiger charge is 2.08. The number of aryl methyl sites for hydroxylation is 1. The highest BCUT2D eigenvalue weighted by atomic mass is 35.5. The summed E-state index contributed by atoms with van der Waals surface area (Å²) < 4.78 is 2.86. The normalized spacial score (nSPS) is 12.0. The summed E-state index contributed by atoms with van der Waals surface area (Å²) in [5, 5.41) is 1.31. The molecule has 0 fully saturated rings. The van der Waals surface area contributed by atoms with Gasteiger partial charge in [0.15, 0.2) is 4.80 Å². The van der Waals surface area contributed by atoms with Gasteiger partial charge in [-0.25, -0.2) is 0 Å². The van der Waals surface area contributed by atoms with Crippen molar-refractivity contribution in [1.29, 1.82) is 0 Å². The molecule has 3 rings (SSSR count). The van der Waals surface area contributed by atoms with Gasteiger partial charge in [0.25, 0.3) is 5.91 Å². The number of hydrogen-bond acceptors (Lipinski definition) is 2. The number of amides is 1. The van der Waals surface area contributed by atoms with Crippen LogP contribution in [0.25, 0.3) is 10.2 Å². The van der Waals surface area contributed by atoms with E-state index in [-0.39, 0.29) is 12.3 Å². The van der Waals surface area contributed by atoms with Crippen LogP contribution in [0.4, 0.5) is 0 Å². The topological polar surface area (TPSA) is 34.4 Å². The highest BCUT2D eigenvalue weighted by Crippen LogP contribution is 2.24. The van der Waals surface area contributed by atoms with Gasteiger partial charge in [0, 0.05) is 12.1 Å². The van der Waals surface area contributed by atoms with Crippen molar-refractivity contribution in [3.63, 3.8) is 0 Å². The fourth-order valence-electron chi connectivity index (χ4n) is 2.19. The second-order valence-corrected chi connectivity index (χ2v) is 6.69. The van der Waals surface area contributed by atoms with Gasteiger partial charge in [-0.05, 0) is 29.8 Å². The molecular weight excluding hydrogens is 339 g/mol. The summed E-state index contributed by atoms with van der Waals surface area (Å²) in [4.78, 5) is 17.0. The van der Waals surface area contributed by atoms with Crippen molar-refractivity contribution >= 4 is 50.7 Å². The number of carbonyl (C=O) groups is 1. The zero-order chi connectivity index (χ0) is 15.7. The lowest BCUT2D eigenvalue weighted by atomic mass is 10.1. The first-order valence-corrected chi connectivity index (χ1v) is 8.18. The second-order valence-electron chi connectivity index (χ2n) is 4.84. The van der Waals surface area contributed by atoms with E-state index in [0.29, 0.717) is 14.8 Å². The van der Waals surface area contributed by atoms with Crippen molar-refractivity contribution < 1.29 is 4.79 Å². The largest absolute Gasteiger partial charge is 0.318 e. The molecule has 0 saturated carbocycles. The van der Waals surface area contributed by atoms with E-state index in [9.17, 15) is 4.79 Å². The van der Waals surface area contributed by atoms with Crippen LogP contribution in [-0.2, 0) is 18.3 Å². The number of carbonyl (C=O) groups excluding carboxylic acids is 1. The Kier molecular flexibility index (Phi) is 4.34. The number of halogens is 2. The summed E-state index contributed by atoms with van der Waals surface area (Å²) in [6.45, 7) is 0. The molecule has 0 aliphatic heterocycles. The van der Waals surface area contributed by atoms with Crippen LogP contribution >= 0.6 is 34.5 Å². The van der Waals surface area contributed by atoms with Gasteiger partial charge in [0.1, 0.15) is 0 Å². The first-order chi connectivity index (χ1) is 10.5. The summed E-state index contributed by atoms with van der Waals surface area (Å²) in [5.41, 5.74) is 1.78. The number of rotatable bonds is 2. The molecule has 0 bridgehead atoms. The van der Waals surface area contributed by atoms with Gasteiger partial charge < -0.3 is 4.57 Å². The van der Waals surface area contributed by atoms with E-state index in [1.807, 2.05) is 41.9 Å². The van der Waals surface area contributed by atoms with Gasteiger partial charge in [-0.15, -0.1) is 0 Å². The Labute approximate surface area is 141 Å². The molecule has 0 N–H and O–H groups in total. The van der Waals surface area contributed by atoms with Crippen molar-refractivity contribution in [2.45, 2.75) is 6.42 Å². The van der Waals surface area contributed by atoms with Gasteiger partial charge in [0.2, 0.25) is 0 Å². The van der Waals surface area contributed by atoms with Gasteiger partial charge >= 0.3 is 0 Å². The molecule has 0 aliphatic carbocycles. The fourth-order valence-corrected chi connectivity index (χ4v) is 3.73. The summed E-state index contributed by atoms with van der Waals surface area (Å²) in [7, 11) is 1.86. The average Bonchev–Trinajstić information content (AvgIpc) is 2.79. The zero-order valence-electron chi connectivity index (χ0n) is 11.7. The number of aromatic nitrogens is 1. The minimum Gasteiger partial charge on any atom is -0.318 e. The summed E-state index contributed by atoms with van der Waals surface area (Å²) in [5.74, 6) is -0.194. The molecule has 1 heterocycles. The Bertz CT molecular complexity index is 910. The summed E-state index contributed by atoms with van der Waals surface area (Å²) in [6.07, 6.45) is 0.249. The number of hydrogen-bond donors (Lipinski definition) is 0. The lowest BCUT2D eigenvalue weighted by Crippen LogP contribution is -2.14. The van der Waals surface area contributed by atoms with Crippen LogP contribution in [0.5, 0.6) is 0 Å². The number of fused-ring (bicyclic) bond motifs is 1. The lowest BCUT2D eigenvalue weighted by molar-refractivity contribution is -0.117. The van der Waals surface area contributed by atoms with Crippen molar-refractivity contribution in [2.75, 3.05) is 0 Å². The van der Waals surface area contributed by atoms with Gasteiger partial charge in [-0.3, -0.25) is 4.79 Å². The Morgan fingerprint density at radius 3 is 2.59 bits per heavy atom. The molecule has 6 heteroatoms. The molecule has 0 atom stereocenters. The van der Waals surface area contributed by atoms with Crippen LogP contribution in [-0.4, -0.2) is 10.5 Å². The number of para-hydroxylation sites is 1. The molecule has 2 aromatic carbocycles. The molecule has 0 aliphatic rings. The van der Waals surface area contributed by atoms with E-state index in [1.54, 1.807) is 12.1 Å². The SMILES string of the molecule is Cn1c(=NC(=O)Cc2ccc(Cl)cc2)sc2cccc(Cl)c21. The van der Waals surface area contributed by atoms with Gasteiger partial charge in [-0.2, -0.15) is 4.99 Å². The van der Waals surface area contributed by atoms with E-state index >= 15 is 0 Å². The third-order valence-electron chi connectivity index (χ3n) is 3.26. The van der Waals surface area contributed by atoms with Crippen LogP contribution < -0.4 is 4.80 Å². The predicted octanol–water partition coefficient (Wildman–Crippen LogP) is 4.22. The average molecular weight is 351 g/mol. The van der Waals surface area contributed by atoms with Crippen LogP contribution in [0.3, 0.4) is 0 Å². The predicted molar refractivity (Wildman–Crippen MR) is 91.5 cm³/mol. The van der Waals surface area contributed by atoms with E-state index in [2.05, 4.69) is 4.99 Å². The number of benzene rings is 2. The van der Waals surface area contributed by atoms with Gasteiger partial charge in [0.05, 0.1) is 21.7 Å². The van der Waals surface area contributed by atoms with Crippen LogP contribution in [0.1, 0.15) is 5.56 Å². The quantitative estimate of drug-likeness (QED) is 0.681. The smallest absolute Gasteiger partial charge is 0.252 e. The maximum Gasteiger partial charge on any atom is 0.252 e. The number of nitrogens with zero attached hydrogens (tertiary/aromatic N) is 2. The van der Waals surface area contributed by atoms with Crippen molar-refractivity contribution in [3.8, 4) is 0 Å². The van der Waals surface area contributed by atoms with E-state index in [1.165, 1.54) is 11.3 Å². The van der Waals surface area contributed by atoms with E-state index in [4.69, 9.17) is 23.2 Å². The lowest BCUT2D eigenvalue weighted by Gasteiger charge is -1.98. The number of thiazole rings is 1. The molecular formula is C16H12Cl2N2OS. The second kappa shape index (κ2) is 6.24. The van der Waals surface area contributed by atoms with Crippen LogP contribution in [0, 0.1) is 0 Å². The molecule has 0 spiro atoms.